The third kappa shape index (κ3) is 3.77. The molecular weight excluding hydrogens is 231 g/mol. The molecule has 1 aliphatic heterocycles. The molecule has 0 saturated carbocycles. The van der Waals surface area contributed by atoms with E-state index in [1.165, 1.54) is 6.07 Å². The maximum Gasteiger partial charge on any atom is 0.123 e. The first kappa shape index (κ1) is 13.5. The van der Waals surface area contributed by atoms with Crippen LogP contribution in [-0.4, -0.2) is 44.3 Å². The number of likely N-dealkylation sites (N-methyl/N-ethyl adjacent to an activating group) is 1. The second-order valence-electron chi connectivity index (χ2n) is 4.94. The Morgan fingerprint density at radius 2 is 2.39 bits per heavy atom. The largest absolute Gasteiger partial charge is 0.374 e. The van der Waals surface area contributed by atoms with E-state index in [-0.39, 0.29) is 18.0 Å². The van der Waals surface area contributed by atoms with Crippen molar-refractivity contribution in [1.29, 1.82) is 0 Å². The molecule has 2 rings (SSSR count). The van der Waals surface area contributed by atoms with Crippen molar-refractivity contribution in [3.05, 3.63) is 35.6 Å². The second kappa shape index (κ2) is 6.27. The Morgan fingerprint density at radius 1 is 1.56 bits per heavy atom. The van der Waals surface area contributed by atoms with E-state index in [0.29, 0.717) is 0 Å². The highest BCUT2D eigenvalue weighted by atomic mass is 19.1. The zero-order valence-corrected chi connectivity index (χ0v) is 11.0. The summed E-state index contributed by atoms with van der Waals surface area (Å²) in [6.45, 7) is 5.57. The number of hydrogen-bond donors (Lipinski definition) is 1. The summed E-state index contributed by atoms with van der Waals surface area (Å²) in [6.07, 6.45) is 0.222. The molecule has 1 saturated heterocycles. The highest BCUT2D eigenvalue weighted by molar-refractivity contribution is 5.19. The van der Waals surface area contributed by atoms with E-state index in [9.17, 15) is 4.39 Å². The zero-order chi connectivity index (χ0) is 13.0. The van der Waals surface area contributed by atoms with Gasteiger partial charge in [-0.2, -0.15) is 0 Å². The third-order valence-electron chi connectivity index (χ3n) is 3.34. The van der Waals surface area contributed by atoms with Crippen LogP contribution in [0.15, 0.2) is 24.3 Å². The summed E-state index contributed by atoms with van der Waals surface area (Å²) in [6, 6.07) is 6.86. The average molecular weight is 252 g/mol. The number of ether oxygens (including phenoxy) is 1. The van der Waals surface area contributed by atoms with E-state index in [0.717, 1.165) is 31.8 Å². The maximum absolute atomic E-state index is 13.1. The van der Waals surface area contributed by atoms with Crippen molar-refractivity contribution >= 4 is 0 Å². The molecule has 1 N–H and O–H groups in total. The van der Waals surface area contributed by atoms with Crippen molar-refractivity contribution in [2.24, 2.45) is 0 Å². The fourth-order valence-corrected chi connectivity index (χ4v) is 2.19. The predicted octanol–water partition coefficient (Wildman–Crippen LogP) is 1.81. The maximum atomic E-state index is 13.1. The summed E-state index contributed by atoms with van der Waals surface area (Å²) in [5.74, 6) is -0.185. The molecule has 1 aliphatic rings. The average Bonchev–Trinajstić information content (AvgIpc) is 2.36. The molecule has 100 valence electrons. The molecule has 1 heterocycles. The lowest BCUT2D eigenvalue weighted by molar-refractivity contribution is -0.0190. The van der Waals surface area contributed by atoms with Crippen LogP contribution < -0.4 is 5.32 Å². The molecule has 1 aromatic rings. The van der Waals surface area contributed by atoms with Gasteiger partial charge >= 0.3 is 0 Å². The van der Waals surface area contributed by atoms with Crippen LogP contribution in [0, 0.1) is 5.82 Å². The van der Waals surface area contributed by atoms with Crippen LogP contribution >= 0.6 is 0 Å². The molecule has 0 aromatic heterocycles. The number of morpholine rings is 1. The van der Waals surface area contributed by atoms with E-state index in [4.69, 9.17) is 4.74 Å². The molecule has 0 aliphatic carbocycles. The highest BCUT2D eigenvalue weighted by Crippen LogP contribution is 2.13. The fourth-order valence-electron chi connectivity index (χ4n) is 2.19. The van der Waals surface area contributed by atoms with E-state index in [1.807, 2.05) is 13.0 Å². The topological polar surface area (TPSA) is 24.5 Å². The van der Waals surface area contributed by atoms with Crippen LogP contribution in [-0.2, 0) is 4.74 Å². The van der Waals surface area contributed by atoms with Crippen molar-refractivity contribution in [3.63, 3.8) is 0 Å². The van der Waals surface area contributed by atoms with Gasteiger partial charge < -0.3 is 15.0 Å². The van der Waals surface area contributed by atoms with Gasteiger partial charge in [0.2, 0.25) is 0 Å². The first-order chi connectivity index (χ1) is 8.65. The number of hydrogen-bond acceptors (Lipinski definition) is 3. The molecule has 4 heteroatoms. The molecule has 18 heavy (non-hydrogen) atoms. The lowest BCUT2D eigenvalue weighted by atomic mass is 10.1. The molecule has 0 spiro atoms. The Bertz CT molecular complexity index is 386. The number of rotatable bonds is 4. The van der Waals surface area contributed by atoms with Crippen molar-refractivity contribution < 1.29 is 9.13 Å². The Labute approximate surface area is 108 Å². The Morgan fingerprint density at radius 3 is 3.11 bits per heavy atom. The van der Waals surface area contributed by atoms with Gasteiger partial charge in [0, 0.05) is 25.7 Å². The SMILES string of the molecule is C[C@@H](NCC1CN(C)CCO1)c1cccc(F)c1. The minimum atomic E-state index is -0.185. The Hall–Kier alpha value is -0.970. The van der Waals surface area contributed by atoms with Gasteiger partial charge in [-0.1, -0.05) is 12.1 Å². The standard InChI is InChI=1S/C14H21FN2O/c1-11(12-4-3-5-13(15)8-12)16-9-14-10-17(2)6-7-18-14/h3-5,8,11,14,16H,6-7,9-10H2,1-2H3/t11-,14?/m1/s1. The fraction of sp³-hybridized carbons (Fsp3) is 0.571. The smallest absolute Gasteiger partial charge is 0.123 e. The molecule has 0 bridgehead atoms. The van der Waals surface area contributed by atoms with Gasteiger partial charge in [0.15, 0.2) is 0 Å². The summed E-state index contributed by atoms with van der Waals surface area (Å²) < 4.78 is 18.8. The molecular formula is C14H21FN2O. The van der Waals surface area contributed by atoms with Crippen LogP contribution in [0.2, 0.25) is 0 Å². The quantitative estimate of drug-likeness (QED) is 0.884. The summed E-state index contributed by atoms with van der Waals surface area (Å²) in [5.41, 5.74) is 0.971. The van der Waals surface area contributed by atoms with E-state index in [1.54, 1.807) is 12.1 Å². The van der Waals surface area contributed by atoms with E-state index >= 15 is 0 Å². The van der Waals surface area contributed by atoms with Crippen LogP contribution in [0.5, 0.6) is 0 Å². The van der Waals surface area contributed by atoms with Gasteiger partial charge in [0.1, 0.15) is 5.82 Å². The van der Waals surface area contributed by atoms with Gasteiger partial charge in [-0.3, -0.25) is 0 Å². The van der Waals surface area contributed by atoms with Crippen LogP contribution in [0.1, 0.15) is 18.5 Å². The van der Waals surface area contributed by atoms with Crippen LogP contribution in [0.4, 0.5) is 4.39 Å². The summed E-state index contributed by atoms with van der Waals surface area (Å²) in [4.78, 5) is 2.27. The van der Waals surface area contributed by atoms with Crippen LogP contribution in [0.3, 0.4) is 0 Å². The highest BCUT2D eigenvalue weighted by Gasteiger charge is 2.18. The van der Waals surface area contributed by atoms with Crippen molar-refractivity contribution in [3.8, 4) is 0 Å². The van der Waals surface area contributed by atoms with Gasteiger partial charge in [-0.05, 0) is 31.7 Å². The molecule has 0 radical (unpaired) electrons. The van der Waals surface area contributed by atoms with Gasteiger partial charge in [0.05, 0.1) is 12.7 Å². The summed E-state index contributed by atoms with van der Waals surface area (Å²) in [5, 5.41) is 3.40. The van der Waals surface area contributed by atoms with Crippen LogP contribution in [0.25, 0.3) is 0 Å². The molecule has 1 aromatic carbocycles. The summed E-state index contributed by atoms with van der Waals surface area (Å²) >= 11 is 0. The number of benzene rings is 1. The molecule has 2 atom stereocenters. The van der Waals surface area contributed by atoms with Crippen molar-refractivity contribution in [2.75, 3.05) is 33.3 Å². The molecule has 1 unspecified atom stereocenters. The zero-order valence-electron chi connectivity index (χ0n) is 11.0. The summed E-state index contributed by atoms with van der Waals surface area (Å²) in [7, 11) is 2.10. The molecule has 3 nitrogen and oxygen atoms in total. The first-order valence-electron chi connectivity index (χ1n) is 6.44. The second-order valence-corrected chi connectivity index (χ2v) is 4.94. The lowest BCUT2D eigenvalue weighted by Crippen LogP contribution is -2.45. The number of nitrogens with zero attached hydrogens (tertiary/aromatic N) is 1. The van der Waals surface area contributed by atoms with Gasteiger partial charge in [0.25, 0.3) is 0 Å². The normalized spacial score (nSPS) is 22.9. The number of halogens is 1. The molecule has 0 amide bonds. The third-order valence-corrected chi connectivity index (χ3v) is 3.34. The monoisotopic (exact) mass is 252 g/mol. The minimum Gasteiger partial charge on any atom is -0.374 e. The lowest BCUT2D eigenvalue weighted by Gasteiger charge is -2.31. The molecule has 1 fully saturated rings. The van der Waals surface area contributed by atoms with Crippen molar-refractivity contribution in [2.45, 2.75) is 19.1 Å². The van der Waals surface area contributed by atoms with E-state index < -0.39 is 0 Å². The van der Waals surface area contributed by atoms with Gasteiger partial charge in [-0.15, -0.1) is 0 Å². The van der Waals surface area contributed by atoms with E-state index in [2.05, 4.69) is 17.3 Å². The number of nitrogens with one attached hydrogen (secondary N) is 1. The van der Waals surface area contributed by atoms with Crippen molar-refractivity contribution in [1.82, 2.24) is 10.2 Å². The minimum absolute atomic E-state index is 0.136. The Balaban J connectivity index is 1.82. The van der Waals surface area contributed by atoms with Gasteiger partial charge in [-0.25, -0.2) is 4.39 Å². The predicted molar refractivity (Wildman–Crippen MR) is 70.1 cm³/mol. The first-order valence-corrected chi connectivity index (χ1v) is 6.44. The Kier molecular flexibility index (Phi) is 4.69.